The molecule has 0 fully saturated rings. The van der Waals surface area contributed by atoms with Crippen LogP contribution in [0.15, 0.2) is 36.4 Å². The second kappa shape index (κ2) is 12.0. The van der Waals surface area contributed by atoms with Gasteiger partial charge in [0.2, 0.25) is 0 Å². The normalized spacial score (nSPS) is 10.2. The molecule has 2 aromatic rings. The summed E-state index contributed by atoms with van der Waals surface area (Å²) in [6, 6.07) is 8.97. The molecule has 0 aliphatic carbocycles. The van der Waals surface area contributed by atoms with Gasteiger partial charge in [-0.05, 0) is 29.8 Å². The first-order valence-electron chi connectivity index (χ1n) is 9.80. The summed E-state index contributed by atoms with van der Waals surface area (Å²) in [5.74, 6) is 7.40. The molecule has 0 spiro atoms. The second-order valence-electron chi connectivity index (χ2n) is 6.69. The van der Waals surface area contributed by atoms with Crippen molar-refractivity contribution in [3.8, 4) is 47.7 Å². The Labute approximate surface area is 189 Å². The maximum atomic E-state index is 12.7. The number of ketones is 1. The van der Waals surface area contributed by atoms with Gasteiger partial charge in [-0.15, -0.1) is 12.8 Å². The van der Waals surface area contributed by atoms with Crippen molar-refractivity contribution in [3.63, 3.8) is 0 Å². The Balaban J connectivity index is 2.29. The van der Waals surface area contributed by atoms with E-state index in [0.29, 0.717) is 41.7 Å². The third-order valence-corrected chi connectivity index (χ3v) is 4.72. The number of anilines is 1. The third kappa shape index (κ3) is 6.00. The van der Waals surface area contributed by atoms with Gasteiger partial charge in [0.05, 0.1) is 52.8 Å². The fraction of sp³-hybridized carbons (Fsp3) is 0.269. The molecular weight excluding hydrogens is 406 g/mol. The fourth-order valence-electron chi connectivity index (χ4n) is 3.17. The molecule has 6 nitrogen and oxygen atoms in total. The van der Waals surface area contributed by atoms with Gasteiger partial charge in [0.25, 0.3) is 0 Å². The van der Waals surface area contributed by atoms with Crippen molar-refractivity contribution in [2.24, 2.45) is 0 Å². The molecule has 0 aromatic heterocycles. The van der Waals surface area contributed by atoms with E-state index in [1.165, 1.54) is 6.08 Å². The van der Waals surface area contributed by atoms with Crippen molar-refractivity contribution in [1.82, 2.24) is 0 Å². The van der Waals surface area contributed by atoms with Crippen molar-refractivity contribution in [3.05, 3.63) is 47.5 Å². The highest BCUT2D eigenvalue weighted by atomic mass is 16.5. The number of rotatable bonds is 11. The number of methoxy groups -OCH3 is 4. The molecule has 2 aromatic carbocycles. The van der Waals surface area contributed by atoms with Gasteiger partial charge in [-0.3, -0.25) is 4.79 Å². The maximum absolute atomic E-state index is 12.7. The van der Waals surface area contributed by atoms with Crippen molar-refractivity contribution in [2.75, 3.05) is 46.4 Å². The molecule has 0 aliphatic heterocycles. The van der Waals surface area contributed by atoms with Crippen molar-refractivity contribution < 1.29 is 23.7 Å². The number of carbonyl (C=O) groups excluding carboxylic acids is 1. The second-order valence-corrected chi connectivity index (χ2v) is 6.69. The van der Waals surface area contributed by atoms with Gasteiger partial charge >= 0.3 is 0 Å². The lowest BCUT2D eigenvalue weighted by Crippen LogP contribution is -2.24. The van der Waals surface area contributed by atoms with Gasteiger partial charge < -0.3 is 23.8 Å². The van der Waals surface area contributed by atoms with Gasteiger partial charge in [0.1, 0.15) is 23.0 Å². The van der Waals surface area contributed by atoms with Crippen LogP contribution in [0.25, 0.3) is 6.08 Å². The molecule has 2 rings (SSSR count). The van der Waals surface area contributed by atoms with Gasteiger partial charge in [-0.2, -0.15) is 0 Å². The molecule has 0 radical (unpaired) electrons. The van der Waals surface area contributed by atoms with Crippen LogP contribution >= 0.6 is 0 Å². The van der Waals surface area contributed by atoms with Crippen LogP contribution in [0.1, 0.15) is 11.1 Å². The lowest BCUT2D eigenvalue weighted by molar-refractivity contribution is -0.113. The molecule has 0 heterocycles. The number of hydrogen-bond donors (Lipinski definition) is 0. The van der Waals surface area contributed by atoms with E-state index in [1.54, 1.807) is 52.7 Å². The molecule has 0 bridgehead atoms. The topological polar surface area (TPSA) is 57.2 Å². The molecule has 0 saturated carbocycles. The Kier molecular flexibility index (Phi) is 9.07. The van der Waals surface area contributed by atoms with E-state index in [0.717, 1.165) is 11.3 Å². The van der Waals surface area contributed by atoms with E-state index >= 15 is 0 Å². The number of nitrogens with zero attached hydrogens (tertiary/aromatic N) is 1. The van der Waals surface area contributed by atoms with Crippen molar-refractivity contribution >= 4 is 17.5 Å². The average Bonchev–Trinajstić information content (AvgIpc) is 2.81. The zero-order valence-corrected chi connectivity index (χ0v) is 18.8. The van der Waals surface area contributed by atoms with E-state index in [2.05, 4.69) is 11.8 Å². The molecular formula is C26H27NO5. The summed E-state index contributed by atoms with van der Waals surface area (Å²) in [5, 5.41) is 0. The summed E-state index contributed by atoms with van der Waals surface area (Å²) in [6.07, 6.45) is 14.3. The number of carbonyl (C=O) groups is 1. The molecule has 166 valence electrons. The van der Waals surface area contributed by atoms with Crippen LogP contribution in [0.5, 0.6) is 23.0 Å². The minimum absolute atomic E-state index is 0.0958. The number of allylic oxidation sites excluding steroid dienone is 1. The SMILES string of the molecule is C#CCN(CC#C)c1cc(CC(=O)/C=C/c2c(OC)cc(OC)cc2OC)ccc1OC. The highest BCUT2D eigenvalue weighted by Crippen LogP contribution is 2.35. The van der Waals surface area contributed by atoms with E-state index < -0.39 is 0 Å². The minimum atomic E-state index is -0.0958. The summed E-state index contributed by atoms with van der Waals surface area (Å²) in [4.78, 5) is 14.5. The van der Waals surface area contributed by atoms with E-state index in [1.807, 2.05) is 17.0 Å². The van der Waals surface area contributed by atoms with Gasteiger partial charge in [0, 0.05) is 18.6 Å². The molecule has 0 unspecified atom stereocenters. The molecule has 6 heteroatoms. The molecule has 0 aliphatic rings. The van der Waals surface area contributed by atoms with Crippen LogP contribution in [-0.4, -0.2) is 47.3 Å². The van der Waals surface area contributed by atoms with Gasteiger partial charge in [-0.1, -0.05) is 17.9 Å². The van der Waals surface area contributed by atoms with Crippen molar-refractivity contribution in [1.29, 1.82) is 0 Å². The van der Waals surface area contributed by atoms with E-state index in [9.17, 15) is 4.79 Å². The zero-order valence-electron chi connectivity index (χ0n) is 18.8. The zero-order chi connectivity index (χ0) is 23.5. The van der Waals surface area contributed by atoms with Crippen LogP contribution in [0.3, 0.4) is 0 Å². The summed E-state index contributed by atoms with van der Waals surface area (Å²) in [7, 11) is 6.23. The van der Waals surface area contributed by atoms with Crippen LogP contribution < -0.4 is 23.8 Å². The predicted molar refractivity (Wildman–Crippen MR) is 127 cm³/mol. The van der Waals surface area contributed by atoms with Crippen LogP contribution in [0.2, 0.25) is 0 Å². The lowest BCUT2D eigenvalue weighted by atomic mass is 10.1. The molecule has 0 amide bonds. The smallest absolute Gasteiger partial charge is 0.160 e. The summed E-state index contributed by atoms with van der Waals surface area (Å²) in [5.41, 5.74) is 2.20. The molecule has 0 saturated heterocycles. The molecule has 32 heavy (non-hydrogen) atoms. The summed E-state index contributed by atoms with van der Waals surface area (Å²) in [6.45, 7) is 0.657. The van der Waals surface area contributed by atoms with Crippen molar-refractivity contribution in [2.45, 2.75) is 6.42 Å². The Morgan fingerprint density at radius 1 is 0.906 bits per heavy atom. The standard InChI is InChI=1S/C26H27NO5/c1-7-13-27(14-8-2)23-16-19(9-12-24(23)30-4)15-20(28)10-11-22-25(31-5)17-21(29-3)18-26(22)32-6/h1-2,9-12,16-18H,13-15H2,3-6H3/b11-10+. The largest absolute Gasteiger partial charge is 0.496 e. The Morgan fingerprint density at radius 2 is 1.50 bits per heavy atom. The Hall–Kier alpha value is -4.03. The minimum Gasteiger partial charge on any atom is -0.496 e. The number of terminal acetylenes is 2. The number of hydrogen-bond acceptors (Lipinski definition) is 6. The quantitative estimate of drug-likeness (QED) is 0.399. The first-order chi connectivity index (χ1) is 15.5. The maximum Gasteiger partial charge on any atom is 0.160 e. The lowest BCUT2D eigenvalue weighted by Gasteiger charge is -2.22. The number of benzene rings is 2. The highest BCUT2D eigenvalue weighted by molar-refractivity contribution is 5.96. The predicted octanol–water partition coefficient (Wildman–Crippen LogP) is 3.62. The first kappa shape index (κ1) is 24.2. The van der Waals surface area contributed by atoms with Crippen LogP contribution in [0, 0.1) is 24.7 Å². The fourth-order valence-corrected chi connectivity index (χ4v) is 3.17. The summed E-state index contributed by atoms with van der Waals surface area (Å²) < 4.78 is 21.5. The summed E-state index contributed by atoms with van der Waals surface area (Å²) >= 11 is 0. The molecule has 0 atom stereocenters. The van der Waals surface area contributed by atoms with E-state index in [4.69, 9.17) is 31.8 Å². The highest BCUT2D eigenvalue weighted by Gasteiger charge is 2.14. The first-order valence-corrected chi connectivity index (χ1v) is 9.80. The average molecular weight is 434 g/mol. The Morgan fingerprint density at radius 3 is 2.00 bits per heavy atom. The third-order valence-electron chi connectivity index (χ3n) is 4.72. The molecule has 0 N–H and O–H groups in total. The van der Waals surface area contributed by atoms with Gasteiger partial charge in [-0.25, -0.2) is 0 Å². The monoisotopic (exact) mass is 433 g/mol. The van der Waals surface area contributed by atoms with Gasteiger partial charge in [0.15, 0.2) is 5.78 Å². The number of ether oxygens (including phenoxy) is 4. The Bertz CT molecular complexity index is 1020. The van der Waals surface area contributed by atoms with Crippen LogP contribution in [-0.2, 0) is 11.2 Å². The van der Waals surface area contributed by atoms with Crippen LogP contribution in [0.4, 0.5) is 5.69 Å². The van der Waals surface area contributed by atoms with E-state index in [-0.39, 0.29) is 12.2 Å².